The van der Waals surface area contributed by atoms with Gasteiger partial charge in [0, 0.05) is 0 Å². The number of hydrogen-bond acceptors (Lipinski definition) is 4. The van der Waals surface area contributed by atoms with Crippen molar-refractivity contribution in [3.8, 4) is 5.75 Å². The van der Waals surface area contributed by atoms with Crippen LogP contribution in [0, 0.1) is 6.92 Å². The Hall–Kier alpha value is -2.08. The molecule has 0 aromatic heterocycles. The van der Waals surface area contributed by atoms with E-state index in [1.54, 1.807) is 19.1 Å². The molecule has 3 amide bonds. The second-order valence-corrected chi connectivity index (χ2v) is 5.24. The van der Waals surface area contributed by atoms with Crippen LogP contribution in [0.1, 0.15) is 12.5 Å². The van der Waals surface area contributed by atoms with Gasteiger partial charge in [0.2, 0.25) is 11.8 Å². The number of ether oxygens (including phenoxy) is 1. The van der Waals surface area contributed by atoms with Gasteiger partial charge in [-0.25, -0.2) is 0 Å². The molecule has 0 saturated carbocycles. The molecule has 6 nitrogen and oxygen atoms in total. The van der Waals surface area contributed by atoms with Crippen LogP contribution in [0.4, 0.5) is 0 Å². The molecule has 21 heavy (non-hydrogen) atoms. The Balaban J connectivity index is 2.02. The SMILES string of the molecule is Cc1ccc(Cl)c(OCC(=O)N2CC(=O)NC(=O)C2C)c1. The zero-order chi connectivity index (χ0) is 15.6. The molecule has 1 N–H and O–H groups in total. The van der Waals surface area contributed by atoms with Gasteiger partial charge in [0.25, 0.3) is 5.91 Å². The lowest BCUT2D eigenvalue weighted by atomic mass is 10.2. The van der Waals surface area contributed by atoms with E-state index in [0.29, 0.717) is 10.8 Å². The smallest absolute Gasteiger partial charge is 0.261 e. The van der Waals surface area contributed by atoms with Gasteiger partial charge in [0.15, 0.2) is 6.61 Å². The van der Waals surface area contributed by atoms with Gasteiger partial charge in [-0.15, -0.1) is 0 Å². The molecular formula is C14H15ClN2O4. The predicted molar refractivity (Wildman–Crippen MR) is 76.0 cm³/mol. The average molecular weight is 311 g/mol. The maximum absolute atomic E-state index is 12.1. The number of nitrogens with one attached hydrogen (secondary N) is 1. The number of halogens is 1. The van der Waals surface area contributed by atoms with Crippen molar-refractivity contribution >= 4 is 29.3 Å². The second kappa shape index (κ2) is 6.13. The third kappa shape index (κ3) is 3.52. The summed E-state index contributed by atoms with van der Waals surface area (Å²) in [5.74, 6) is -1.04. The summed E-state index contributed by atoms with van der Waals surface area (Å²) in [6.45, 7) is 2.99. The maximum Gasteiger partial charge on any atom is 0.261 e. The Labute approximate surface area is 127 Å². The predicted octanol–water partition coefficient (Wildman–Crippen LogP) is 0.901. The fourth-order valence-electron chi connectivity index (χ4n) is 1.96. The first-order valence-electron chi connectivity index (χ1n) is 6.40. The first-order chi connectivity index (χ1) is 9.88. The molecular weight excluding hydrogens is 296 g/mol. The number of imide groups is 1. The molecule has 0 bridgehead atoms. The van der Waals surface area contributed by atoms with Crippen LogP contribution in [0.15, 0.2) is 18.2 Å². The van der Waals surface area contributed by atoms with Crippen LogP contribution in [-0.2, 0) is 14.4 Å². The lowest BCUT2D eigenvalue weighted by molar-refractivity contribution is -0.150. The van der Waals surface area contributed by atoms with Gasteiger partial charge in [0.1, 0.15) is 18.3 Å². The van der Waals surface area contributed by atoms with Crippen LogP contribution >= 0.6 is 11.6 Å². The molecule has 112 valence electrons. The molecule has 1 aromatic rings. The van der Waals surface area contributed by atoms with Crippen LogP contribution in [-0.4, -0.2) is 41.8 Å². The molecule has 1 saturated heterocycles. The summed E-state index contributed by atoms with van der Waals surface area (Å²) in [5.41, 5.74) is 0.947. The van der Waals surface area contributed by atoms with Crippen LogP contribution < -0.4 is 10.1 Å². The number of carbonyl (C=O) groups is 3. The molecule has 0 aliphatic carbocycles. The summed E-state index contributed by atoms with van der Waals surface area (Å²) < 4.78 is 5.39. The van der Waals surface area contributed by atoms with E-state index in [-0.39, 0.29) is 13.2 Å². The molecule has 1 aliphatic heterocycles. The van der Waals surface area contributed by atoms with Gasteiger partial charge < -0.3 is 9.64 Å². The van der Waals surface area contributed by atoms with Gasteiger partial charge in [-0.1, -0.05) is 17.7 Å². The van der Waals surface area contributed by atoms with E-state index in [1.807, 2.05) is 13.0 Å². The third-order valence-electron chi connectivity index (χ3n) is 3.18. The Morgan fingerprint density at radius 1 is 1.48 bits per heavy atom. The molecule has 1 aromatic carbocycles. The minimum absolute atomic E-state index is 0.156. The fraction of sp³-hybridized carbons (Fsp3) is 0.357. The third-order valence-corrected chi connectivity index (χ3v) is 3.49. The van der Waals surface area contributed by atoms with Crippen LogP contribution in [0.5, 0.6) is 5.75 Å². The highest BCUT2D eigenvalue weighted by Gasteiger charge is 2.33. The van der Waals surface area contributed by atoms with E-state index in [9.17, 15) is 14.4 Å². The Bertz CT molecular complexity index is 603. The number of carbonyl (C=O) groups excluding carboxylic acids is 3. The average Bonchev–Trinajstić information content (AvgIpc) is 2.43. The zero-order valence-electron chi connectivity index (χ0n) is 11.7. The van der Waals surface area contributed by atoms with Gasteiger partial charge in [-0.2, -0.15) is 0 Å². The van der Waals surface area contributed by atoms with Crippen molar-refractivity contribution in [2.24, 2.45) is 0 Å². The summed E-state index contributed by atoms with van der Waals surface area (Å²) in [6.07, 6.45) is 0. The standard InChI is InChI=1S/C14H15ClN2O4/c1-8-3-4-10(15)11(5-8)21-7-13(19)17-6-12(18)16-14(20)9(17)2/h3-5,9H,6-7H2,1-2H3,(H,16,18,20). The van der Waals surface area contributed by atoms with Crippen molar-refractivity contribution in [3.63, 3.8) is 0 Å². The van der Waals surface area contributed by atoms with Crippen LogP contribution in [0.2, 0.25) is 5.02 Å². The van der Waals surface area contributed by atoms with Gasteiger partial charge in [0.05, 0.1) is 5.02 Å². The topological polar surface area (TPSA) is 75.7 Å². The number of aryl methyl sites for hydroxylation is 1. The number of hydrogen-bond donors (Lipinski definition) is 1. The highest BCUT2D eigenvalue weighted by atomic mass is 35.5. The maximum atomic E-state index is 12.1. The van der Waals surface area contributed by atoms with E-state index < -0.39 is 23.8 Å². The lowest BCUT2D eigenvalue weighted by Crippen LogP contribution is -2.59. The second-order valence-electron chi connectivity index (χ2n) is 4.83. The molecule has 1 unspecified atom stereocenters. The lowest BCUT2D eigenvalue weighted by Gasteiger charge is -2.31. The Morgan fingerprint density at radius 3 is 2.90 bits per heavy atom. The highest BCUT2D eigenvalue weighted by molar-refractivity contribution is 6.32. The number of rotatable bonds is 3. The summed E-state index contributed by atoms with van der Waals surface area (Å²) in [5, 5.41) is 2.57. The van der Waals surface area contributed by atoms with E-state index in [4.69, 9.17) is 16.3 Å². The van der Waals surface area contributed by atoms with Crippen molar-refractivity contribution in [2.45, 2.75) is 19.9 Å². The normalized spacial score (nSPS) is 18.4. The van der Waals surface area contributed by atoms with E-state index in [2.05, 4.69) is 5.32 Å². The van der Waals surface area contributed by atoms with Crippen molar-refractivity contribution in [1.29, 1.82) is 0 Å². The molecule has 1 atom stereocenters. The monoisotopic (exact) mass is 310 g/mol. The molecule has 7 heteroatoms. The zero-order valence-corrected chi connectivity index (χ0v) is 12.4. The van der Waals surface area contributed by atoms with E-state index in [1.165, 1.54) is 4.90 Å². The minimum atomic E-state index is -0.702. The van der Waals surface area contributed by atoms with Gasteiger partial charge in [-0.3, -0.25) is 19.7 Å². The number of benzene rings is 1. The molecule has 0 spiro atoms. The molecule has 1 aliphatic rings. The van der Waals surface area contributed by atoms with Crippen LogP contribution in [0.3, 0.4) is 0 Å². The first-order valence-corrected chi connectivity index (χ1v) is 6.78. The van der Waals surface area contributed by atoms with Crippen molar-refractivity contribution in [2.75, 3.05) is 13.2 Å². The summed E-state index contributed by atoms with van der Waals surface area (Å²) >= 11 is 5.97. The minimum Gasteiger partial charge on any atom is -0.482 e. The van der Waals surface area contributed by atoms with E-state index >= 15 is 0 Å². The number of piperazine rings is 1. The Kier molecular flexibility index (Phi) is 4.47. The molecule has 1 fully saturated rings. The summed E-state index contributed by atoms with van der Waals surface area (Å²) in [7, 11) is 0. The fourth-order valence-corrected chi connectivity index (χ4v) is 2.13. The Morgan fingerprint density at radius 2 is 2.19 bits per heavy atom. The van der Waals surface area contributed by atoms with Crippen molar-refractivity contribution in [1.82, 2.24) is 10.2 Å². The first kappa shape index (κ1) is 15.3. The molecule has 2 rings (SSSR count). The van der Waals surface area contributed by atoms with Gasteiger partial charge in [-0.05, 0) is 31.5 Å². The van der Waals surface area contributed by atoms with E-state index in [0.717, 1.165) is 5.56 Å². The van der Waals surface area contributed by atoms with Crippen LogP contribution in [0.25, 0.3) is 0 Å². The molecule has 1 heterocycles. The van der Waals surface area contributed by atoms with Gasteiger partial charge >= 0.3 is 0 Å². The van der Waals surface area contributed by atoms with Crippen molar-refractivity contribution < 1.29 is 19.1 Å². The highest BCUT2D eigenvalue weighted by Crippen LogP contribution is 2.25. The number of nitrogens with zero attached hydrogens (tertiary/aromatic N) is 1. The van der Waals surface area contributed by atoms with Crippen molar-refractivity contribution in [3.05, 3.63) is 28.8 Å². The largest absolute Gasteiger partial charge is 0.482 e. The number of amides is 3. The quantitative estimate of drug-likeness (QED) is 0.842. The molecule has 0 radical (unpaired) electrons. The summed E-state index contributed by atoms with van der Waals surface area (Å²) in [4.78, 5) is 36.1. The summed E-state index contributed by atoms with van der Waals surface area (Å²) in [6, 6.07) is 4.52.